The van der Waals surface area contributed by atoms with Crippen molar-refractivity contribution in [3.05, 3.63) is 69.2 Å². The van der Waals surface area contributed by atoms with E-state index < -0.39 is 17.7 Å². The van der Waals surface area contributed by atoms with Crippen molar-refractivity contribution in [2.24, 2.45) is 0 Å². The highest BCUT2D eigenvalue weighted by Crippen LogP contribution is 2.30. The van der Waals surface area contributed by atoms with Crippen molar-refractivity contribution in [1.29, 1.82) is 0 Å². The zero-order valence-corrected chi connectivity index (χ0v) is 17.8. The number of halogens is 1. The highest BCUT2D eigenvalue weighted by molar-refractivity contribution is 9.10. The monoisotopic (exact) mass is 443 g/mol. The van der Waals surface area contributed by atoms with E-state index in [0.717, 1.165) is 0 Å². The van der Waals surface area contributed by atoms with E-state index in [1.54, 1.807) is 25.1 Å². The summed E-state index contributed by atoms with van der Waals surface area (Å²) in [5.41, 5.74) is 0.243. The Balaban J connectivity index is 2.39. The minimum Gasteiger partial charge on any atom is -0.465 e. The standard InChI is InChI=1S/C21H22BrN3O3/c1-13(25(20(27)28)21(2,3)4)18-23-16-12-8-11-15(22)17(16)19(26)24(18)14-9-6-5-7-10-14/h5-13H,1-4H3,(H,27,28). The van der Waals surface area contributed by atoms with Crippen LogP contribution in [-0.4, -0.2) is 31.2 Å². The number of benzene rings is 2. The zero-order chi connectivity index (χ0) is 20.6. The lowest BCUT2D eigenvalue weighted by molar-refractivity contribution is 0.0719. The van der Waals surface area contributed by atoms with Crippen molar-refractivity contribution in [2.45, 2.75) is 39.3 Å². The van der Waals surface area contributed by atoms with E-state index >= 15 is 0 Å². The summed E-state index contributed by atoms with van der Waals surface area (Å²) in [4.78, 5) is 31.5. The van der Waals surface area contributed by atoms with Gasteiger partial charge in [-0.15, -0.1) is 0 Å². The Bertz CT molecular complexity index is 1090. The Morgan fingerprint density at radius 2 is 1.79 bits per heavy atom. The SMILES string of the molecule is CC(c1nc2cccc(Br)c2c(=O)n1-c1ccccc1)N(C(=O)O)C(C)(C)C. The average Bonchev–Trinajstić information content (AvgIpc) is 2.60. The van der Waals surface area contributed by atoms with Crippen LogP contribution in [0.3, 0.4) is 0 Å². The van der Waals surface area contributed by atoms with E-state index in [0.29, 0.717) is 26.9 Å². The molecule has 2 aromatic carbocycles. The van der Waals surface area contributed by atoms with Gasteiger partial charge in [-0.1, -0.05) is 24.3 Å². The van der Waals surface area contributed by atoms with Crippen LogP contribution in [0.4, 0.5) is 4.79 Å². The topological polar surface area (TPSA) is 75.4 Å². The molecule has 6 nitrogen and oxygen atoms in total. The van der Waals surface area contributed by atoms with Crippen LogP contribution in [0.25, 0.3) is 16.6 Å². The summed E-state index contributed by atoms with van der Waals surface area (Å²) in [5.74, 6) is 0.374. The molecule has 3 aromatic rings. The van der Waals surface area contributed by atoms with E-state index in [2.05, 4.69) is 15.9 Å². The molecular formula is C21H22BrN3O3. The molecule has 0 fully saturated rings. The lowest BCUT2D eigenvalue weighted by Crippen LogP contribution is -2.47. The molecule has 28 heavy (non-hydrogen) atoms. The zero-order valence-electron chi connectivity index (χ0n) is 16.2. The van der Waals surface area contributed by atoms with Gasteiger partial charge in [0.2, 0.25) is 0 Å². The van der Waals surface area contributed by atoms with Gasteiger partial charge in [-0.05, 0) is 67.9 Å². The highest BCUT2D eigenvalue weighted by Gasteiger charge is 2.34. The number of amides is 1. The predicted octanol–water partition coefficient (Wildman–Crippen LogP) is 4.99. The van der Waals surface area contributed by atoms with Gasteiger partial charge in [-0.2, -0.15) is 0 Å². The maximum atomic E-state index is 13.4. The lowest BCUT2D eigenvalue weighted by atomic mass is 10.0. The van der Waals surface area contributed by atoms with Crippen molar-refractivity contribution >= 4 is 32.9 Å². The third-order valence-corrected chi connectivity index (χ3v) is 5.24. The molecule has 146 valence electrons. The number of nitrogens with zero attached hydrogens (tertiary/aromatic N) is 3. The van der Waals surface area contributed by atoms with Crippen molar-refractivity contribution in [1.82, 2.24) is 14.5 Å². The first-order chi connectivity index (χ1) is 13.1. The number of hydrogen-bond acceptors (Lipinski definition) is 3. The number of fused-ring (bicyclic) bond motifs is 1. The van der Waals surface area contributed by atoms with Crippen molar-refractivity contribution in [3.63, 3.8) is 0 Å². The number of aromatic nitrogens is 2. The largest absolute Gasteiger partial charge is 0.465 e. The quantitative estimate of drug-likeness (QED) is 0.618. The lowest BCUT2D eigenvalue weighted by Gasteiger charge is -2.38. The van der Waals surface area contributed by atoms with Gasteiger partial charge >= 0.3 is 6.09 Å². The second-order valence-electron chi connectivity index (χ2n) is 7.58. The molecule has 0 bridgehead atoms. The van der Waals surface area contributed by atoms with Crippen LogP contribution in [0.5, 0.6) is 0 Å². The van der Waals surface area contributed by atoms with Crippen LogP contribution < -0.4 is 5.56 Å². The van der Waals surface area contributed by atoms with Crippen LogP contribution in [0.2, 0.25) is 0 Å². The molecule has 1 N–H and O–H groups in total. The molecule has 1 atom stereocenters. The minimum atomic E-state index is -1.07. The number of rotatable bonds is 3. The molecule has 0 aliphatic rings. The summed E-state index contributed by atoms with van der Waals surface area (Å²) in [6.45, 7) is 7.21. The fourth-order valence-electron chi connectivity index (χ4n) is 3.46. The summed E-state index contributed by atoms with van der Waals surface area (Å²) in [7, 11) is 0. The Morgan fingerprint density at radius 1 is 1.14 bits per heavy atom. The van der Waals surface area contributed by atoms with Crippen LogP contribution in [0, 0.1) is 0 Å². The Hall–Kier alpha value is -2.67. The normalized spacial score (nSPS) is 12.8. The van der Waals surface area contributed by atoms with Crippen molar-refractivity contribution < 1.29 is 9.90 Å². The maximum Gasteiger partial charge on any atom is 0.408 e. The molecule has 3 rings (SSSR count). The van der Waals surface area contributed by atoms with Gasteiger partial charge in [-0.3, -0.25) is 14.3 Å². The summed E-state index contributed by atoms with van der Waals surface area (Å²) in [6.07, 6.45) is -1.07. The molecule has 7 heteroatoms. The first-order valence-corrected chi connectivity index (χ1v) is 9.71. The number of carbonyl (C=O) groups is 1. The van der Waals surface area contributed by atoms with Crippen molar-refractivity contribution in [2.75, 3.05) is 0 Å². The number of para-hydroxylation sites is 1. The molecule has 1 unspecified atom stereocenters. The molecule has 0 spiro atoms. The van der Waals surface area contributed by atoms with Crippen molar-refractivity contribution in [3.8, 4) is 5.69 Å². The van der Waals surface area contributed by atoms with E-state index in [-0.39, 0.29) is 5.56 Å². The third-order valence-electron chi connectivity index (χ3n) is 4.58. The molecule has 1 heterocycles. The molecule has 0 saturated carbocycles. The maximum absolute atomic E-state index is 13.4. The van der Waals surface area contributed by atoms with Gasteiger partial charge in [0.05, 0.1) is 22.6 Å². The molecule has 0 saturated heterocycles. The first-order valence-electron chi connectivity index (χ1n) is 8.92. The van der Waals surface area contributed by atoms with E-state index in [4.69, 9.17) is 4.98 Å². The molecule has 1 aromatic heterocycles. The van der Waals surface area contributed by atoms with Gasteiger partial charge < -0.3 is 5.11 Å². The summed E-state index contributed by atoms with van der Waals surface area (Å²) >= 11 is 3.44. The van der Waals surface area contributed by atoms with Crippen LogP contribution in [-0.2, 0) is 0 Å². The molecule has 0 aliphatic heterocycles. The second-order valence-corrected chi connectivity index (χ2v) is 8.43. The summed E-state index contributed by atoms with van der Waals surface area (Å²) in [6, 6.07) is 13.9. The average molecular weight is 444 g/mol. The van der Waals surface area contributed by atoms with E-state index in [9.17, 15) is 14.7 Å². The number of carboxylic acid groups (broad SMARTS) is 1. The summed E-state index contributed by atoms with van der Waals surface area (Å²) < 4.78 is 2.15. The molecular weight excluding hydrogens is 422 g/mol. The highest BCUT2D eigenvalue weighted by atomic mass is 79.9. The fourth-order valence-corrected chi connectivity index (χ4v) is 3.99. The van der Waals surface area contributed by atoms with Gasteiger partial charge in [0.1, 0.15) is 5.82 Å². The first kappa shape index (κ1) is 20.1. The van der Waals surface area contributed by atoms with Gasteiger partial charge in [-0.25, -0.2) is 9.78 Å². The van der Waals surface area contributed by atoms with Crippen LogP contribution in [0.1, 0.15) is 39.6 Å². The predicted molar refractivity (Wildman–Crippen MR) is 113 cm³/mol. The third kappa shape index (κ3) is 3.54. The van der Waals surface area contributed by atoms with Crippen LogP contribution in [0.15, 0.2) is 57.8 Å². The molecule has 1 amide bonds. The fraction of sp³-hybridized carbons (Fsp3) is 0.286. The van der Waals surface area contributed by atoms with Crippen LogP contribution >= 0.6 is 15.9 Å². The summed E-state index contributed by atoms with van der Waals surface area (Å²) in [5, 5.41) is 10.3. The minimum absolute atomic E-state index is 0.246. The number of hydrogen-bond donors (Lipinski definition) is 1. The molecule has 0 aliphatic carbocycles. The van der Waals surface area contributed by atoms with E-state index in [1.807, 2.05) is 51.1 Å². The van der Waals surface area contributed by atoms with Gasteiger partial charge in [0, 0.05) is 10.0 Å². The Morgan fingerprint density at radius 3 is 2.36 bits per heavy atom. The van der Waals surface area contributed by atoms with Gasteiger partial charge in [0.25, 0.3) is 5.56 Å². The van der Waals surface area contributed by atoms with Gasteiger partial charge in [0.15, 0.2) is 0 Å². The smallest absolute Gasteiger partial charge is 0.408 e. The van der Waals surface area contributed by atoms with E-state index in [1.165, 1.54) is 9.47 Å². The Labute approximate surface area is 171 Å². The molecule has 0 radical (unpaired) electrons. The second kappa shape index (κ2) is 7.39. The Kier molecular flexibility index (Phi) is 5.30.